The molecule has 0 fully saturated rings. The summed E-state index contributed by atoms with van der Waals surface area (Å²) >= 11 is 1.28. The minimum atomic E-state index is -3.45. The molecule has 0 aliphatic rings. The number of nitrogens with one attached hydrogen (secondary N) is 2. The number of imidazole rings is 1. The number of aromatic nitrogens is 3. The fourth-order valence-electron chi connectivity index (χ4n) is 3.10. The van der Waals surface area contributed by atoms with E-state index in [0.29, 0.717) is 36.1 Å². The first-order chi connectivity index (χ1) is 15.7. The van der Waals surface area contributed by atoms with Crippen LogP contribution in [0.2, 0.25) is 0 Å². The minimum Gasteiger partial charge on any atom is -0.466 e. The van der Waals surface area contributed by atoms with Crippen LogP contribution in [0.4, 0.5) is 9.93 Å². The lowest BCUT2D eigenvalue weighted by molar-refractivity contribution is -0.143. The molecule has 0 spiro atoms. The van der Waals surface area contributed by atoms with Gasteiger partial charge in [-0.05, 0) is 38.0 Å². The van der Waals surface area contributed by atoms with Crippen LogP contribution in [0.3, 0.4) is 0 Å². The van der Waals surface area contributed by atoms with Gasteiger partial charge in [0.25, 0.3) is 0 Å². The summed E-state index contributed by atoms with van der Waals surface area (Å²) < 4.78 is 31.0. The van der Waals surface area contributed by atoms with Crippen LogP contribution in [0, 0.1) is 6.92 Å². The molecule has 0 bridgehead atoms. The van der Waals surface area contributed by atoms with Gasteiger partial charge in [0.15, 0.2) is 15.0 Å². The van der Waals surface area contributed by atoms with Gasteiger partial charge < -0.3 is 14.6 Å². The monoisotopic (exact) mass is 491 g/mol. The second-order valence-corrected chi connectivity index (χ2v) is 10.1. The third-order valence-electron chi connectivity index (χ3n) is 4.57. The molecule has 0 atom stereocenters. The van der Waals surface area contributed by atoms with E-state index in [-0.39, 0.29) is 17.3 Å². The van der Waals surface area contributed by atoms with Crippen LogP contribution in [0.15, 0.2) is 41.8 Å². The summed E-state index contributed by atoms with van der Waals surface area (Å²) in [6, 6.07) is 4.61. The zero-order valence-corrected chi connectivity index (χ0v) is 20.1. The van der Waals surface area contributed by atoms with Crippen molar-refractivity contribution in [3.8, 4) is 16.1 Å². The highest BCUT2D eigenvalue weighted by Gasteiger charge is 2.18. The minimum absolute atomic E-state index is 0.187. The van der Waals surface area contributed by atoms with Crippen molar-refractivity contribution < 1.29 is 22.7 Å². The number of rotatable bonds is 9. The van der Waals surface area contributed by atoms with Crippen molar-refractivity contribution >= 4 is 38.3 Å². The number of nitrogens with zero attached hydrogens (tertiary/aromatic N) is 3. The van der Waals surface area contributed by atoms with Gasteiger partial charge in [0.2, 0.25) is 0 Å². The lowest BCUT2D eigenvalue weighted by Gasteiger charge is -2.11. The smallest absolute Gasteiger partial charge is 0.321 e. The summed E-state index contributed by atoms with van der Waals surface area (Å²) in [6.07, 6.45) is 6.65. The van der Waals surface area contributed by atoms with Crippen molar-refractivity contribution in [2.45, 2.75) is 31.6 Å². The summed E-state index contributed by atoms with van der Waals surface area (Å²) in [5.74, 6) is -0.295. The Hall–Kier alpha value is -3.25. The molecule has 2 amide bonds. The first-order valence-electron chi connectivity index (χ1n) is 10.2. The van der Waals surface area contributed by atoms with Gasteiger partial charge >= 0.3 is 12.0 Å². The van der Waals surface area contributed by atoms with Gasteiger partial charge in [-0.3, -0.25) is 10.1 Å². The van der Waals surface area contributed by atoms with Crippen molar-refractivity contribution in [1.82, 2.24) is 19.9 Å². The first-order valence-corrected chi connectivity index (χ1v) is 12.9. The number of aryl methyl sites for hydroxylation is 1. The van der Waals surface area contributed by atoms with Crippen LogP contribution in [0.25, 0.3) is 16.1 Å². The van der Waals surface area contributed by atoms with E-state index in [1.807, 2.05) is 6.92 Å². The summed E-state index contributed by atoms with van der Waals surface area (Å²) in [5, 5.41) is 5.78. The molecule has 12 heteroatoms. The van der Waals surface area contributed by atoms with Gasteiger partial charge in [-0.1, -0.05) is 17.4 Å². The standard InChI is InChI=1S/C21H25N5O5S2/c1-4-31-18(27)6-5-9-23-20(28)25-21-24-14(2)19(32-21)15-7-8-17(33(3,29)30)16(12-15)26-11-10-22-13-26/h7-8,10-13H,4-6,9H2,1-3H3,(H2,23,24,25,28). The molecule has 0 aliphatic heterocycles. The summed E-state index contributed by atoms with van der Waals surface area (Å²) in [5.41, 5.74) is 1.94. The van der Waals surface area contributed by atoms with E-state index in [9.17, 15) is 18.0 Å². The van der Waals surface area contributed by atoms with Crippen LogP contribution in [0.5, 0.6) is 0 Å². The number of ether oxygens (including phenoxy) is 1. The zero-order valence-electron chi connectivity index (χ0n) is 18.5. The third kappa shape index (κ3) is 6.39. The summed E-state index contributed by atoms with van der Waals surface area (Å²) in [7, 11) is -3.45. The van der Waals surface area contributed by atoms with Gasteiger partial charge in [0, 0.05) is 31.6 Å². The number of hydrogen-bond acceptors (Lipinski definition) is 8. The van der Waals surface area contributed by atoms with Gasteiger partial charge in [-0.15, -0.1) is 0 Å². The highest BCUT2D eigenvalue weighted by Crippen LogP contribution is 2.35. The molecule has 2 aromatic heterocycles. The molecule has 2 N–H and O–H groups in total. The number of amides is 2. The van der Waals surface area contributed by atoms with Crippen molar-refractivity contribution in [2.75, 3.05) is 24.7 Å². The molecular formula is C21H25N5O5S2. The number of sulfone groups is 1. The van der Waals surface area contributed by atoms with E-state index in [0.717, 1.165) is 16.7 Å². The molecule has 1 aromatic carbocycles. The average molecular weight is 492 g/mol. The van der Waals surface area contributed by atoms with Crippen LogP contribution >= 0.6 is 11.3 Å². The Morgan fingerprint density at radius 2 is 2.06 bits per heavy atom. The number of anilines is 1. The van der Waals surface area contributed by atoms with Crippen molar-refractivity contribution in [2.24, 2.45) is 0 Å². The zero-order chi connectivity index (χ0) is 24.0. The largest absolute Gasteiger partial charge is 0.466 e. The second kappa shape index (κ2) is 10.6. The SMILES string of the molecule is CCOC(=O)CCCNC(=O)Nc1nc(C)c(-c2ccc(S(C)(=O)=O)c(-n3ccnc3)c2)s1. The van der Waals surface area contributed by atoms with E-state index in [4.69, 9.17) is 4.74 Å². The van der Waals surface area contributed by atoms with E-state index >= 15 is 0 Å². The number of benzene rings is 1. The number of thiazole rings is 1. The van der Waals surface area contributed by atoms with Crippen molar-refractivity contribution in [3.63, 3.8) is 0 Å². The number of carbonyl (C=O) groups is 2. The topological polar surface area (TPSA) is 132 Å². The molecule has 0 unspecified atom stereocenters. The number of carbonyl (C=O) groups excluding carboxylic acids is 2. The Labute approximate surface area is 195 Å². The molecule has 3 rings (SSSR count). The third-order valence-corrected chi connectivity index (χ3v) is 6.83. The van der Waals surface area contributed by atoms with E-state index < -0.39 is 15.9 Å². The maximum Gasteiger partial charge on any atom is 0.321 e. The molecule has 0 saturated carbocycles. The highest BCUT2D eigenvalue weighted by atomic mass is 32.2. The molecular weight excluding hydrogens is 466 g/mol. The van der Waals surface area contributed by atoms with Crippen LogP contribution in [-0.4, -0.2) is 54.4 Å². The normalized spacial score (nSPS) is 11.2. The van der Waals surface area contributed by atoms with Crippen LogP contribution in [-0.2, 0) is 19.4 Å². The quantitative estimate of drug-likeness (QED) is 0.347. The maximum absolute atomic E-state index is 12.2. The molecule has 3 aromatic rings. The van der Waals surface area contributed by atoms with E-state index in [2.05, 4.69) is 20.6 Å². The van der Waals surface area contributed by atoms with Crippen molar-refractivity contribution in [3.05, 3.63) is 42.6 Å². The molecule has 10 nitrogen and oxygen atoms in total. The Bertz CT molecular complexity index is 1240. The average Bonchev–Trinajstić information content (AvgIpc) is 3.40. The summed E-state index contributed by atoms with van der Waals surface area (Å²) in [4.78, 5) is 32.9. The molecule has 33 heavy (non-hydrogen) atoms. The number of urea groups is 1. The lowest BCUT2D eigenvalue weighted by Crippen LogP contribution is -2.29. The molecule has 0 aliphatic carbocycles. The Kier molecular flexibility index (Phi) is 7.82. The Morgan fingerprint density at radius 1 is 1.27 bits per heavy atom. The molecule has 0 saturated heterocycles. The van der Waals surface area contributed by atoms with Gasteiger partial charge in [-0.25, -0.2) is 23.2 Å². The second-order valence-electron chi connectivity index (χ2n) is 7.15. The summed E-state index contributed by atoms with van der Waals surface area (Å²) in [6.45, 7) is 4.21. The molecule has 176 valence electrons. The van der Waals surface area contributed by atoms with Gasteiger partial charge in [0.05, 0.1) is 34.1 Å². The highest BCUT2D eigenvalue weighted by molar-refractivity contribution is 7.90. The van der Waals surface area contributed by atoms with Gasteiger partial charge in [0.1, 0.15) is 0 Å². The Morgan fingerprint density at radius 3 is 2.73 bits per heavy atom. The molecule has 2 heterocycles. The van der Waals surface area contributed by atoms with E-state index in [1.54, 1.807) is 42.1 Å². The Balaban J connectivity index is 1.73. The number of esters is 1. The van der Waals surface area contributed by atoms with Gasteiger partial charge in [-0.2, -0.15) is 0 Å². The lowest BCUT2D eigenvalue weighted by atomic mass is 10.1. The molecule has 0 radical (unpaired) electrons. The predicted octanol–water partition coefficient (Wildman–Crippen LogP) is 3.17. The number of hydrogen-bond donors (Lipinski definition) is 2. The van der Waals surface area contributed by atoms with Crippen LogP contribution < -0.4 is 10.6 Å². The fraction of sp³-hybridized carbons (Fsp3) is 0.333. The van der Waals surface area contributed by atoms with E-state index in [1.165, 1.54) is 17.7 Å². The maximum atomic E-state index is 12.2. The van der Waals surface area contributed by atoms with Crippen molar-refractivity contribution in [1.29, 1.82) is 0 Å². The van der Waals surface area contributed by atoms with Crippen LogP contribution in [0.1, 0.15) is 25.5 Å². The first kappa shape index (κ1) is 24.4. The predicted molar refractivity (Wildman–Crippen MR) is 125 cm³/mol. The fourth-order valence-corrected chi connectivity index (χ4v) is 4.92.